The molecule has 7 heteroatoms. The van der Waals surface area contributed by atoms with Gasteiger partial charge in [0.2, 0.25) is 0 Å². The highest BCUT2D eigenvalue weighted by Gasteiger charge is 2.33. The smallest absolute Gasteiger partial charge is 0.264 e. The van der Waals surface area contributed by atoms with E-state index in [2.05, 4.69) is 0 Å². The molecule has 176 valence electrons. The van der Waals surface area contributed by atoms with Gasteiger partial charge in [-0.05, 0) is 73.2 Å². The van der Waals surface area contributed by atoms with Gasteiger partial charge in [0.25, 0.3) is 15.9 Å². The monoisotopic (exact) mass is 476 g/mol. The molecule has 0 radical (unpaired) electrons. The quantitative estimate of drug-likeness (QED) is 0.532. The molecule has 3 aromatic carbocycles. The normalized spacial score (nSPS) is 17.6. The van der Waals surface area contributed by atoms with E-state index in [1.165, 1.54) is 10.4 Å². The van der Waals surface area contributed by atoms with Gasteiger partial charge in [0.15, 0.2) is 0 Å². The van der Waals surface area contributed by atoms with Gasteiger partial charge in [-0.1, -0.05) is 36.4 Å². The second-order valence-corrected chi connectivity index (χ2v) is 10.7. The fourth-order valence-corrected chi connectivity index (χ4v) is 6.58. The molecule has 0 aromatic heterocycles. The number of hydrogen-bond donors (Lipinski definition) is 0. The fraction of sp³-hybridized carbons (Fsp3) is 0.296. The molecular formula is C27H28N2O4S. The number of methoxy groups -OCH3 is 1. The van der Waals surface area contributed by atoms with Gasteiger partial charge in [0.05, 0.1) is 17.7 Å². The molecule has 6 nitrogen and oxygen atoms in total. The number of rotatable bonds is 6. The Morgan fingerprint density at radius 2 is 1.82 bits per heavy atom. The van der Waals surface area contributed by atoms with E-state index in [9.17, 15) is 13.2 Å². The molecule has 0 aliphatic carbocycles. The highest BCUT2D eigenvalue weighted by atomic mass is 32.2. The highest BCUT2D eigenvalue weighted by Crippen LogP contribution is 2.33. The number of sulfonamides is 1. The third-order valence-electron chi connectivity index (χ3n) is 6.76. The van der Waals surface area contributed by atoms with Gasteiger partial charge in [-0.15, -0.1) is 0 Å². The first-order valence-electron chi connectivity index (χ1n) is 11.6. The molecule has 2 aliphatic rings. The third-order valence-corrected chi connectivity index (χ3v) is 8.57. The zero-order valence-electron chi connectivity index (χ0n) is 19.2. The Morgan fingerprint density at radius 3 is 2.68 bits per heavy atom. The molecule has 2 aliphatic heterocycles. The maximum Gasteiger partial charge on any atom is 0.264 e. The van der Waals surface area contributed by atoms with Gasteiger partial charge >= 0.3 is 0 Å². The number of nitrogens with zero attached hydrogens (tertiary/aromatic N) is 2. The van der Waals surface area contributed by atoms with Crippen LogP contribution in [0.5, 0.6) is 5.75 Å². The number of likely N-dealkylation sites (tertiary alicyclic amines) is 1. The zero-order valence-corrected chi connectivity index (χ0v) is 20.0. The van der Waals surface area contributed by atoms with Crippen LogP contribution >= 0.6 is 0 Å². The minimum absolute atomic E-state index is 0.0744. The van der Waals surface area contributed by atoms with Crippen LogP contribution in [0.1, 0.15) is 34.3 Å². The first-order valence-corrected chi connectivity index (χ1v) is 13.1. The molecule has 2 heterocycles. The van der Waals surface area contributed by atoms with Gasteiger partial charge in [-0.25, -0.2) is 8.42 Å². The van der Waals surface area contributed by atoms with Crippen molar-refractivity contribution in [2.75, 3.05) is 24.5 Å². The summed E-state index contributed by atoms with van der Waals surface area (Å²) < 4.78 is 33.7. The molecule has 1 atom stereocenters. The van der Waals surface area contributed by atoms with E-state index in [-0.39, 0.29) is 16.8 Å². The van der Waals surface area contributed by atoms with Crippen LogP contribution in [0.15, 0.2) is 77.7 Å². The lowest BCUT2D eigenvalue weighted by molar-refractivity contribution is 0.0736. The molecule has 1 saturated heterocycles. The number of amides is 1. The van der Waals surface area contributed by atoms with Crippen LogP contribution in [0.2, 0.25) is 0 Å². The summed E-state index contributed by atoms with van der Waals surface area (Å²) in [5.74, 6) is 0.680. The molecular weight excluding hydrogens is 448 g/mol. The Kier molecular flexibility index (Phi) is 6.04. The standard InChI is InChI=1S/C27H28N2O4S/c1-33-24-11-4-7-20(18-24)17-23-10-6-15-28(23)27(30)22-9-5-12-25(19-22)34(31,32)29-16-14-21-8-2-3-13-26(21)29/h2-5,7-9,11-13,18-19,23H,6,10,14-17H2,1H3. The number of hydrogen-bond acceptors (Lipinski definition) is 4. The fourth-order valence-electron chi connectivity index (χ4n) is 5.03. The zero-order chi connectivity index (χ0) is 23.7. The number of carbonyl (C=O) groups excluding carboxylic acids is 1. The van der Waals surface area contributed by atoms with E-state index in [0.717, 1.165) is 41.8 Å². The van der Waals surface area contributed by atoms with E-state index in [4.69, 9.17) is 4.74 Å². The lowest BCUT2D eigenvalue weighted by Crippen LogP contribution is -2.37. The topological polar surface area (TPSA) is 66.9 Å². The van der Waals surface area contributed by atoms with Crippen molar-refractivity contribution in [1.82, 2.24) is 4.90 Å². The first kappa shape index (κ1) is 22.5. The summed E-state index contributed by atoms with van der Waals surface area (Å²) in [6, 6.07) is 22.0. The summed E-state index contributed by atoms with van der Waals surface area (Å²) in [4.78, 5) is 15.5. The molecule has 5 rings (SSSR count). The lowest BCUT2D eigenvalue weighted by atomic mass is 10.0. The molecule has 0 spiro atoms. The van der Waals surface area contributed by atoms with Gasteiger partial charge in [0, 0.05) is 24.7 Å². The van der Waals surface area contributed by atoms with Crippen LogP contribution in [0.3, 0.4) is 0 Å². The van der Waals surface area contributed by atoms with Crippen molar-refractivity contribution < 1.29 is 17.9 Å². The average Bonchev–Trinajstić information content (AvgIpc) is 3.51. The van der Waals surface area contributed by atoms with Crippen molar-refractivity contribution in [3.8, 4) is 5.75 Å². The minimum atomic E-state index is -3.75. The van der Waals surface area contributed by atoms with E-state index in [1.54, 1.807) is 25.3 Å². The number of anilines is 1. The lowest BCUT2D eigenvalue weighted by Gasteiger charge is -2.25. The Bertz CT molecular complexity index is 1320. The molecule has 0 N–H and O–H groups in total. The van der Waals surface area contributed by atoms with E-state index < -0.39 is 10.0 Å². The van der Waals surface area contributed by atoms with Crippen LogP contribution < -0.4 is 9.04 Å². The predicted molar refractivity (Wildman–Crippen MR) is 132 cm³/mol. The molecule has 34 heavy (non-hydrogen) atoms. The van der Waals surface area contributed by atoms with E-state index >= 15 is 0 Å². The van der Waals surface area contributed by atoms with Gasteiger partial charge in [0.1, 0.15) is 5.75 Å². The maximum atomic E-state index is 13.5. The van der Waals surface area contributed by atoms with Gasteiger partial charge < -0.3 is 9.64 Å². The number of para-hydroxylation sites is 1. The van der Waals surface area contributed by atoms with E-state index in [1.807, 2.05) is 53.4 Å². The molecule has 0 saturated carbocycles. The van der Waals surface area contributed by atoms with Crippen molar-refractivity contribution in [1.29, 1.82) is 0 Å². The van der Waals surface area contributed by atoms with Crippen LogP contribution in [0.4, 0.5) is 5.69 Å². The van der Waals surface area contributed by atoms with Crippen LogP contribution in [-0.4, -0.2) is 45.5 Å². The maximum absolute atomic E-state index is 13.5. The van der Waals surface area contributed by atoms with E-state index in [0.29, 0.717) is 25.1 Å². The van der Waals surface area contributed by atoms with Crippen LogP contribution in [-0.2, 0) is 22.9 Å². The molecule has 1 unspecified atom stereocenters. The number of fused-ring (bicyclic) bond motifs is 1. The summed E-state index contributed by atoms with van der Waals surface area (Å²) >= 11 is 0. The van der Waals surface area contributed by atoms with Crippen molar-refractivity contribution in [3.05, 3.63) is 89.5 Å². The SMILES string of the molecule is COc1cccc(CC2CCCN2C(=O)c2cccc(S(=O)(=O)N3CCc4ccccc43)c2)c1. The summed E-state index contributed by atoms with van der Waals surface area (Å²) in [5.41, 5.74) is 3.27. The molecule has 0 bridgehead atoms. The van der Waals surface area contributed by atoms with Gasteiger partial charge in [-0.2, -0.15) is 0 Å². The number of benzene rings is 3. The largest absolute Gasteiger partial charge is 0.497 e. The second-order valence-electron chi connectivity index (χ2n) is 8.83. The summed E-state index contributed by atoms with van der Waals surface area (Å²) in [7, 11) is -2.11. The molecule has 1 fully saturated rings. The Labute approximate surface area is 200 Å². The summed E-state index contributed by atoms with van der Waals surface area (Å²) in [5, 5.41) is 0. The Morgan fingerprint density at radius 1 is 1.00 bits per heavy atom. The first-order chi connectivity index (χ1) is 16.5. The average molecular weight is 477 g/mol. The Hall–Kier alpha value is -3.32. The molecule has 3 aromatic rings. The highest BCUT2D eigenvalue weighted by molar-refractivity contribution is 7.92. The Balaban J connectivity index is 1.38. The summed E-state index contributed by atoms with van der Waals surface area (Å²) in [6.07, 6.45) is 3.29. The van der Waals surface area contributed by atoms with Crippen LogP contribution in [0, 0.1) is 0 Å². The van der Waals surface area contributed by atoms with Crippen LogP contribution in [0.25, 0.3) is 0 Å². The number of carbonyl (C=O) groups is 1. The van der Waals surface area contributed by atoms with Crippen molar-refractivity contribution in [2.24, 2.45) is 0 Å². The minimum Gasteiger partial charge on any atom is -0.497 e. The van der Waals surface area contributed by atoms with Crippen molar-refractivity contribution >= 4 is 21.6 Å². The van der Waals surface area contributed by atoms with Crippen molar-refractivity contribution in [2.45, 2.75) is 36.6 Å². The molecule has 1 amide bonds. The predicted octanol–water partition coefficient (Wildman–Crippen LogP) is 4.29. The van der Waals surface area contributed by atoms with Crippen molar-refractivity contribution in [3.63, 3.8) is 0 Å². The second kappa shape index (κ2) is 9.14. The third kappa shape index (κ3) is 4.16. The number of ether oxygens (including phenoxy) is 1. The summed E-state index contributed by atoms with van der Waals surface area (Å²) in [6.45, 7) is 1.08. The van der Waals surface area contributed by atoms with Gasteiger partial charge in [-0.3, -0.25) is 9.10 Å².